The fourth-order valence-corrected chi connectivity index (χ4v) is 3.73. The van der Waals surface area contributed by atoms with Crippen molar-refractivity contribution in [2.75, 3.05) is 0 Å². The molecule has 0 bridgehead atoms. The zero-order valence-electron chi connectivity index (χ0n) is 11.5. The zero-order valence-corrected chi connectivity index (χ0v) is 14.7. The first-order chi connectivity index (χ1) is 9.20. The van der Waals surface area contributed by atoms with Gasteiger partial charge in [0.05, 0.1) is 4.90 Å². The highest BCUT2D eigenvalue weighted by Crippen LogP contribution is 2.27. The van der Waals surface area contributed by atoms with E-state index >= 15 is 0 Å². The van der Waals surface area contributed by atoms with Gasteiger partial charge in [-0.3, -0.25) is 4.79 Å². The summed E-state index contributed by atoms with van der Waals surface area (Å²) in [6.07, 6.45) is 1.63. The molecule has 7 heteroatoms. The Balaban J connectivity index is 3.26. The summed E-state index contributed by atoms with van der Waals surface area (Å²) in [5, 5.41) is 2.88. The fraction of sp³-hybridized carbons (Fsp3) is 0.462. The van der Waals surface area contributed by atoms with Gasteiger partial charge in [0.25, 0.3) is 15.0 Å². The monoisotopic (exact) mass is 381 g/mol. The highest BCUT2D eigenvalue weighted by atomic mass is 79.9. The molecule has 0 unspecified atom stereocenters. The summed E-state index contributed by atoms with van der Waals surface area (Å²) < 4.78 is 23.6. The lowest BCUT2D eigenvalue weighted by Crippen LogP contribution is -2.34. The Bertz CT molecular complexity index is 612. The van der Waals surface area contributed by atoms with Crippen LogP contribution in [0.3, 0.4) is 0 Å². The van der Waals surface area contributed by atoms with Crippen LogP contribution in [0.5, 0.6) is 0 Å². The smallest absolute Gasteiger partial charge is 0.261 e. The van der Waals surface area contributed by atoms with Crippen LogP contribution in [0.15, 0.2) is 21.5 Å². The largest absolute Gasteiger partial charge is 0.349 e. The Morgan fingerprint density at radius 1 is 1.35 bits per heavy atom. The maximum atomic E-state index is 12.3. The lowest BCUT2D eigenvalue weighted by atomic mass is 10.1. The van der Waals surface area contributed by atoms with Gasteiger partial charge in [0, 0.05) is 26.8 Å². The van der Waals surface area contributed by atoms with Gasteiger partial charge in [0.2, 0.25) is 0 Å². The average Bonchev–Trinajstić information content (AvgIpc) is 2.36. The normalized spacial score (nSPS) is 11.7. The van der Waals surface area contributed by atoms with Crippen molar-refractivity contribution in [2.45, 2.75) is 44.6 Å². The summed E-state index contributed by atoms with van der Waals surface area (Å²) in [5.74, 6) is -0.293. The van der Waals surface area contributed by atoms with Crippen molar-refractivity contribution in [2.24, 2.45) is 0 Å². The Kier molecular flexibility index (Phi) is 6.04. The van der Waals surface area contributed by atoms with Gasteiger partial charge in [-0.05, 0) is 37.5 Å². The second-order valence-electron chi connectivity index (χ2n) is 4.50. The fourth-order valence-electron chi connectivity index (χ4n) is 1.90. The van der Waals surface area contributed by atoms with Crippen LogP contribution in [0.1, 0.15) is 42.6 Å². The van der Waals surface area contributed by atoms with Gasteiger partial charge in [-0.15, -0.1) is 0 Å². The number of halogens is 2. The van der Waals surface area contributed by atoms with Crippen molar-refractivity contribution < 1.29 is 13.2 Å². The summed E-state index contributed by atoms with van der Waals surface area (Å²) in [6, 6.07) is 3.06. The summed E-state index contributed by atoms with van der Waals surface area (Å²) in [7, 11) is 1.50. The molecular weight excluding hydrogens is 366 g/mol. The van der Waals surface area contributed by atoms with E-state index in [9.17, 15) is 13.2 Å². The number of hydrogen-bond donors (Lipinski definition) is 1. The van der Waals surface area contributed by atoms with Crippen molar-refractivity contribution in [1.82, 2.24) is 5.32 Å². The van der Waals surface area contributed by atoms with Crippen molar-refractivity contribution in [1.29, 1.82) is 0 Å². The molecule has 1 amide bonds. The molecule has 0 heterocycles. The topological polar surface area (TPSA) is 63.2 Å². The van der Waals surface area contributed by atoms with E-state index in [0.717, 1.165) is 12.8 Å². The molecule has 0 atom stereocenters. The SMILES string of the molecule is CCC(CC)NC(=O)c1cc(Br)cc(S(=O)(=O)Cl)c1C. The number of carbonyl (C=O) groups excluding carboxylic acids is 1. The molecule has 4 nitrogen and oxygen atoms in total. The van der Waals surface area contributed by atoms with Gasteiger partial charge in [0.15, 0.2) is 0 Å². The molecule has 1 aromatic rings. The quantitative estimate of drug-likeness (QED) is 0.791. The van der Waals surface area contributed by atoms with Crippen molar-refractivity contribution in [3.8, 4) is 0 Å². The third-order valence-electron chi connectivity index (χ3n) is 3.15. The lowest BCUT2D eigenvalue weighted by molar-refractivity contribution is 0.0934. The van der Waals surface area contributed by atoms with E-state index in [1.165, 1.54) is 6.07 Å². The minimum absolute atomic E-state index is 0.0526. The first-order valence-electron chi connectivity index (χ1n) is 6.26. The molecule has 20 heavy (non-hydrogen) atoms. The average molecular weight is 383 g/mol. The van der Waals surface area contributed by atoms with Crippen LogP contribution >= 0.6 is 26.6 Å². The second-order valence-corrected chi connectivity index (χ2v) is 7.95. The first-order valence-corrected chi connectivity index (χ1v) is 9.36. The molecule has 0 saturated carbocycles. The van der Waals surface area contributed by atoms with E-state index in [1.54, 1.807) is 13.0 Å². The maximum Gasteiger partial charge on any atom is 0.261 e. The lowest BCUT2D eigenvalue weighted by Gasteiger charge is -2.16. The molecule has 0 saturated heterocycles. The molecule has 0 aromatic heterocycles. The molecule has 1 aromatic carbocycles. The van der Waals surface area contributed by atoms with Crippen LogP contribution in [0.25, 0.3) is 0 Å². The number of rotatable bonds is 5. The summed E-state index contributed by atoms with van der Waals surface area (Å²) in [5.41, 5.74) is 0.664. The molecule has 112 valence electrons. The van der Waals surface area contributed by atoms with Crippen LogP contribution in [-0.4, -0.2) is 20.4 Å². The number of nitrogens with one attached hydrogen (secondary N) is 1. The Labute approximate surface area is 132 Å². The molecule has 0 spiro atoms. The Morgan fingerprint density at radius 3 is 2.35 bits per heavy atom. The van der Waals surface area contributed by atoms with Crippen LogP contribution < -0.4 is 5.32 Å². The number of benzene rings is 1. The predicted molar refractivity (Wildman–Crippen MR) is 83.8 cm³/mol. The first kappa shape index (κ1) is 17.5. The maximum absolute atomic E-state index is 12.3. The van der Waals surface area contributed by atoms with Gasteiger partial charge in [0.1, 0.15) is 0 Å². The molecule has 0 aliphatic rings. The highest BCUT2D eigenvalue weighted by Gasteiger charge is 2.21. The van der Waals surface area contributed by atoms with E-state index in [0.29, 0.717) is 15.6 Å². The van der Waals surface area contributed by atoms with E-state index < -0.39 is 9.05 Å². The van der Waals surface area contributed by atoms with Crippen molar-refractivity contribution >= 4 is 41.6 Å². The predicted octanol–water partition coefficient (Wildman–Crippen LogP) is 3.60. The Morgan fingerprint density at radius 2 is 1.90 bits per heavy atom. The summed E-state index contributed by atoms with van der Waals surface area (Å²) in [4.78, 5) is 12.2. The van der Waals surface area contributed by atoms with E-state index in [4.69, 9.17) is 10.7 Å². The molecule has 0 aliphatic carbocycles. The molecule has 0 fully saturated rings. The molecule has 0 aliphatic heterocycles. The van der Waals surface area contributed by atoms with Crippen molar-refractivity contribution in [3.63, 3.8) is 0 Å². The molecular formula is C13H17BrClNO3S. The van der Waals surface area contributed by atoms with Crippen LogP contribution in [0.2, 0.25) is 0 Å². The van der Waals surface area contributed by atoms with E-state index in [2.05, 4.69) is 21.2 Å². The second kappa shape index (κ2) is 6.91. The zero-order chi connectivity index (χ0) is 15.5. The standard InChI is InChI=1S/C13H17BrClNO3S/c1-4-10(5-2)16-13(17)11-6-9(14)7-12(8(11)3)20(15,18)19/h6-7,10H,4-5H2,1-3H3,(H,16,17). The van der Waals surface area contributed by atoms with Gasteiger partial charge < -0.3 is 5.32 Å². The minimum atomic E-state index is -3.89. The van der Waals surface area contributed by atoms with Crippen LogP contribution in [-0.2, 0) is 9.05 Å². The van der Waals surface area contributed by atoms with Crippen LogP contribution in [0.4, 0.5) is 0 Å². The highest BCUT2D eigenvalue weighted by molar-refractivity contribution is 9.10. The molecule has 1 rings (SSSR count). The number of amides is 1. The van der Waals surface area contributed by atoms with E-state index in [-0.39, 0.29) is 16.8 Å². The minimum Gasteiger partial charge on any atom is -0.349 e. The van der Waals surface area contributed by atoms with E-state index in [1.807, 2.05) is 13.8 Å². The van der Waals surface area contributed by atoms with Crippen molar-refractivity contribution in [3.05, 3.63) is 27.7 Å². The summed E-state index contributed by atoms with van der Waals surface area (Å²) >= 11 is 3.21. The summed E-state index contributed by atoms with van der Waals surface area (Å²) in [6.45, 7) is 5.54. The third-order valence-corrected chi connectivity index (χ3v) is 5.06. The third kappa shape index (κ3) is 4.20. The molecule has 1 N–H and O–H groups in total. The van der Waals surface area contributed by atoms with Gasteiger partial charge in [-0.2, -0.15) is 0 Å². The molecule has 0 radical (unpaired) electrons. The number of carbonyl (C=O) groups is 1. The van der Waals surface area contributed by atoms with Gasteiger partial charge in [-0.25, -0.2) is 8.42 Å². The van der Waals surface area contributed by atoms with Crippen LogP contribution in [0, 0.1) is 6.92 Å². The van der Waals surface area contributed by atoms with Gasteiger partial charge >= 0.3 is 0 Å². The number of hydrogen-bond acceptors (Lipinski definition) is 3. The Hall–Kier alpha value is -0.590. The van der Waals surface area contributed by atoms with Gasteiger partial charge in [-0.1, -0.05) is 29.8 Å².